The fourth-order valence-electron chi connectivity index (χ4n) is 2.88. The Labute approximate surface area is 182 Å². The SMILES string of the molecule is C#CC1C=C(Nc2ncnc3cc(OCCOC)c(OCCOC)cc23)C=CC1.Cl. The largest absolute Gasteiger partial charge is 0.487 e. The van der Waals surface area contributed by atoms with Crippen LogP contribution in [0, 0.1) is 18.3 Å². The van der Waals surface area contributed by atoms with Gasteiger partial charge >= 0.3 is 0 Å². The molecule has 1 aliphatic rings. The van der Waals surface area contributed by atoms with E-state index in [0.29, 0.717) is 43.7 Å². The predicted octanol–water partition coefficient (Wildman–Crippen LogP) is 3.61. The van der Waals surface area contributed by atoms with Gasteiger partial charge in [-0.15, -0.1) is 18.8 Å². The topological polar surface area (TPSA) is 74.7 Å². The van der Waals surface area contributed by atoms with E-state index in [1.165, 1.54) is 6.33 Å². The Hall–Kier alpha value is -2.79. The minimum absolute atomic E-state index is 0. The third-order valence-corrected chi connectivity index (χ3v) is 4.34. The number of aromatic nitrogens is 2. The molecule has 0 amide bonds. The summed E-state index contributed by atoms with van der Waals surface area (Å²) >= 11 is 0. The first kappa shape index (κ1) is 23.5. The first-order chi connectivity index (χ1) is 14.2. The number of anilines is 1. The number of halogens is 1. The monoisotopic (exact) mass is 431 g/mol. The molecule has 0 aliphatic heterocycles. The van der Waals surface area contributed by atoms with Crippen molar-refractivity contribution in [2.75, 3.05) is 46.0 Å². The summed E-state index contributed by atoms with van der Waals surface area (Å²) in [6.45, 7) is 1.75. The predicted molar refractivity (Wildman–Crippen MR) is 119 cm³/mol. The number of fused-ring (bicyclic) bond motifs is 1. The second-order valence-corrected chi connectivity index (χ2v) is 6.38. The summed E-state index contributed by atoms with van der Waals surface area (Å²) in [5, 5.41) is 4.16. The van der Waals surface area contributed by atoms with Gasteiger partial charge in [0.05, 0.1) is 18.7 Å². The van der Waals surface area contributed by atoms with Crippen LogP contribution in [-0.4, -0.2) is 50.6 Å². The smallest absolute Gasteiger partial charge is 0.163 e. The molecule has 160 valence electrons. The van der Waals surface area contributed by atoms with Gasteiger partial charge in [-0.2, -0.15) is 0 Å². The zero-order valence-corrected chi connectivity index (χ0v) is 17.9. The molecule has 1 N–H and O–H groups in total. The molecule has 7 nitrogen and oxygen atoms in total. The standard InChI is InChI=1S/C22H25N3O4.ClH/c1-4-16-6-5-7-17(12-16)25-22-18-13-20(28-10-8-26-2)21(29-11-9-27-3)14-19(18)23-15-24-22;/h1,5,7,12-16H,6,8-11H2,2-3H3,(H,23,24,25);1H. The van der Waals surface area contributed by atoms with Crippen LogP contribution in [0.15, 0.2) is 42.4 Å². The molecule has 1 aromatic heterocycles. The minimum atomic E-state index is 0. The Bertz CT molecular complexity index is 940. The third kappa shape index (κ3) is 6.10. The van der Waals surface area contributed by atoms with Crippen LogP contribution < -0.4 is 14.8 Å². The van der Waals surface area contributed by atoms with Crippen molar-refractivity contribution in [1.29, 1.82) is 0 Å². The minimum Gasteiger partial charge on any atom is -0.487 e. The first-order valence-corrected chi connectivity index (χ1v) is 9.39. The Kier molecular flexibility index (Phi) is 9.42. The summed E-state index contributed by atoms with van der Waals surface area (Å²) in [5.74, 6) is 4.70. The van der Waals surface area contributed by atoms with Gasteiger partial charge in [0.2, 0.25) is 0 Å². The molecule has 30 heavy (non-hydrogen) atoms. The highest BCUT2D eigenvalue weighted by Gasteiger charge is 2.14. The zero-order chi connectivity index (χ0) is 20.5. The highest BCUT2D eigenvalue weighted by atomic mass is 35.5. The fraction of sp³-hybridized carbons (Fsp3) is 0.364. The van der Waals surface area contributed by atoms with E-state index in [1.54, 1.807) is 14.2 Å². The van der Waals surface area contributed by atoms with E-state index in [-0.39, 0.29) is 18.3 Å². The highest BCUT2D eigenvalue weighted by molar-refractivity contribution is 5.92. The number of nitrogens with zero attached hydrogens (tertiary/aromatic N) is 2. The summed E-state index contributed by atoms with van der Waals surface area (Å²) in [7, 11) is 3.26. The number of methoxy groups -OCH3 is 2. The van der Waals surface area contributed by atoms with Gasteiger partial charge in [-0.1, -0.05) is 12.0 Å². The average molecular weight is 432 g/mol. The fourth-order valence-corrected chi connectivity index (χ4v) is 2.88. The Morgan fingerprint density at radius 2 is 1.77 bits per heavy atom. The van der Waals surface area contributed by atoms with E-state index < -0.39 is 0 Å². The Morgan fingerprint density at radius 1 is 1.07 bits per heavy atom. The van der Waals surface area contributed by atoms with Crippen LogP contribution in [0.5, 0.6) is 11.5 Å². The van der Waals surface area contributed by atoms with Gasteiger partial charge in [-0.05, 0) is 24.6 Å². The zero-order valence-electron chi connectivity index (χ0n) is 17.1. The average Bonchev–Trinajstić information content (AvgIpc) is 2.75. The molecule has 0 radical (unpaired) electrons. The second-order valence-electron chi connectivity index (χ2n) is 6.38. The van der Waals surface area contributed by atoms with Crippen molar-refractivity contribution in [3.63, 3.8) is 0 Å². The van der Waals surface area contributed by atoms with Gasteiger partial charge in [0, 0.05) is 37.3 Å². The van der Waals surface area contributed by atoms with Crippen molar-refractivity contribution in [2.24, 2.45) is 5.92 Å². The van der Waals surface area contributed by atoms with E-state index in [2.05, 4.69) is 27.3 Å². The van der Waals surface area contributed by atoms with Crippen molar-refractivity contribution < 1.29 is 18.9 Å². The molecule has 0 bridgehead atoms. The number of hydrogen-bond donors (Lipinski definition) is 1. The van der Waals surface area contributed by atoms with Gasteiger partial charge in [-0.25, -0.2) is 9.97 Å². The molecular formula is C22H26ClN3O4. The van der Waals surface area contributed by atoms with E-state index in [0.717, 1.165) is 23.0 Å². The summed E-state index contributed by atoms with van der Waals surface area (Å²) in [4.78, 5) is 8.78. The molecule has 0 fully saturated rings. The number of terminal acetylenes is 1. The van der Waals surface area contributed by atoms with E-state index in [1.807, 2.05) is 24.3 Å². The Balaban J connectivity index is 0.00000320. The Morgan fingerprint density at radius 3 is 2.43 bits per heavy atom. The van der Waals surface area contributed by atoms with Crippen molar-refractivity contribution in [1.82, 2.24) is 9.97 Å². The molecule has 0 saturated carbocycles. The van der Waals surface area contributed by atoms with Crippen LogP contribution in [0.25, 0.3) is 10.9 Å². The summed E-state index contributed by atoms with van der Waals surface area (Å²) in [5.41, 5.74) is 1.64. The maximum atomic E-state index is 5.87. The van der Waals surface area contributed by atoms with Crippen LogP contribution in [-0.2, 0) is 9.47 Å². The molecule has 3 rings (SSSR count). The quantitative estimate of drug-likeness (QED) is 0.455. The van der Waals surface area contributed by atoms with Crippen LogP contribution in [0.4, 0.5) is 5.82 Å². The lowest BCUT2D eigenvalue weighted by molar-refractivity contribution is 0.132. The van der Waals surface area contributed by atoms with E-state index >= 15 is 0 Å². The van der Waals surface area contributed by atoms with Gasteiger partial charge < -0.3 is 24.3 Å². The van der Waals surface area contributed by atoms with Crippen molar-refractivity contribution in [3.8, 4) is 23.8 Å². The van der Waals surface area contributed by atoms with Crippen LogP contribution in [0.3, 0.4) is 0 Å². The van der Waals surface area contributed by atoms with Crippen LogP contribution in [0.2, 0.25) is 0 Å². The molecule has 0 spiro atoms. The summed E-state index contributed by atoms with van der Waals surface area (Å²) in [6, 6.07) is 3.72. The molecule has 2 aromatic rings. The molecule has 1 unspecified atom stereocenters. The third-order valence-electron chi connectivity index (χ3n) is 4.34. The molecule has 1 heterocycles. The lowest BCUT2D eigenvalue weighted by Crippen LogP contribution is -2.09. The molecule has 1 aromatic carbocycles. The molecule has 1 aliphatic carbocycles. The maximum Gasteiger partial charge on any atom is 0.163 e. The van der Waals surface area contributed by atoms with Gasteiger partial charge in [0.1, 0.15) is 25.4 Å². The number of rotatable bonds is 10. The molecular weight excluding hydrogens is 406 g/mol. The van der Waals surface area contributed by atoms with Crippen LogP contribution in [0.1, 0.15) is 6.42 Å². The summed E-state index contributed by atoms with van der Waals surface area (Å²) in [6.07, 6.45) is 14.0. The molecule has 1 atom stereocenters. The van der Waals surface area contributed by atoms with Crippen molar-refractivity contribution in [3.05, 3.63) is 42.4 Å². The number of allylic oxidation sites excluding steroid dienone is 3. The van der Waals surface area contributed by atoms with Crippen molar-refractivity contribution >= 4 is 29.1 Å². The van der Waals surface area contributed by atoms with E-state index in [9.17, 15) is 0 Å². The van der Waals surface area contributed by atoms with Gasteiger partial charge in [0.15, 0.2) is 11.5 Å². The lowest BCUT2D eigenvalue weighted by atomic mass is 10.0. The number of hydrogen-bond acceptors (Lipinski definition) is 7. The molecule has 0 saturated heterocycles. The highest BCUT2D eigenvalue weighted by Crippen LogP contribution is 2.34. The number of ether oxygens (including phenoxy) is 4. The summed E-state index contributed by atoms with van der Waals surface area (Å²) < 4.78 is 21.8. The maximum absolute atomic E-state index is 5.87. The second kappa shape index (κ2) is 12.0. The molecule has 8 heteroatoms. The van der Waals surface area contributed by atoms with Crippen LogP contribution >= 0.6 is 12.4 Å². The first-order valence-electron chi connectivity index (χ1n) is 9.39. The van der Waals surface area contributed by atoms with Gasteiger partial charge in [-0.3, -0.25) is 0 Å². The van der Waals surface area contributed by atoms with E-state index in [4.69, 9.17) is 25.4 Å². The van der Waals surface area contributed by atoms with Crippen molar-refractivity contribution in [2.45, 2.75) is 6.42 Å². The number of nitrogens with one attached hydrogen (secondary N) is 1. The normalized spacial score (nSPS) is 15.1. The lowest BCUT2D eigenvalue weighted by Gasteiger charge is -2.16. The van der Waals surface area contributed by atoms with Gasteiger partial charge in [0.25, 0.3) is 0 Å². The number of benzene rings is 1.